The van der Waals surface area contributed by atoms with Crippen LogP contribution in [-0.4, -0.2) is 46.8 Å². The number of hydrogen-bond acceptors (Lipinski definition) is 5. The van der Waals surface area contributed by atoms with E-state index in [9.17, 15) is 14.4 Å². The van der Waals surface area contributed by atoms with Gasteiger partial charge in [-0.1, -0.05) is 19.8 Å². The van der Waals surface area contributed by atoms with Crippen molar-refractivity contribution in [2.24, 2.45) is 5.92 Å². The van der Waals surface area contributed by atoms with Crippen LogP contribution >= 0.6 is 11.8 Å². The predicted octanol–water partition coefficient (Wildman–Crippen LogP) is 1.60. The number of ether oxygens (including phenoxy) is 1. The molecule has 2 atom stereocenters. The van der Waals surface area contributed by atoms with Gasteiger partial charge in [-0.15, -0.1) is 11.8 Å². The van der Waals surface area contributed by atoms with Crippen LogP contribution < -0.4 is 0 Å². The SMILES string of the molecule is COC(=O)C(C)CSC1CC(=O)N(C2CCCC2)C1=O. The van der Waals surface area contributed by atoms with Gasteiger partial charge in [-0.25, -0.2) is 0 Å². The molecule has 0 spiro atoms. The molecule has 2 rings (SSSR count). The molecule has 1 saturated heterocycles. The molecule has 0 radical (unpaired) electrons. The van der Waals surface area contributed by atoms with E-state index in [1.165, 1.54) is 23.8 Å². The molecule has 1 aliphatic carbocycles. The van der Waals surface area contributed by atoms with E-state index in [1.54, 1.807) is 6.92 Å². The zero-order chi connectivity index (χ0) is 14.7. The summed E-state index contributed by atoms with van der Waals surface area (Å²) in [5.74, 6) is -0.140. The summed E-state index contributed by atoms with van der Waals surface area (Å²) in [6.07, 6.45) is 4.34. The standard InChI is InChI=1S/C14H21NO4S/c1-9(14(18)19-2)8-20-11-7-12(16)15(13(11)17)10-5-3-4-6-10/h9-11H,3-8H2,1-2H3. The lowest BCUT2D eigenvalue weighted by Crippen LogP contribution is -2.39. The summed E-state index contributed by atoms with van der Waals surface area (Å²) in [5.41, 5.74) is 0. The van der Waals surface area contributed by atoms with Gasteiger partial charge in [0, 0.05) is 18.2 Å². The van der Waals surface area contributed by atoms with Gasteiger partial charge in [-0.3, -0.25) is 19.3 Å². The summed E-state index contributed by atoms with van der Waals surface area (Å²) < 4.78 is 4.66. The number of thioether (sulfide) groups is 1. The minimum atomic E-state index is -0.324. The molecule has 2 aliphatic rings. The lowest BCUT2D eigenvalue weighted by Gasteiger charge is -2.22. The molecule has 0 aromatic carbocycles. The number of nitrogens with zero attached hydrogens (tertiary/aromatic N) is 1. The summed E-state index contributed by atoms with van der Waals surface area (Å²) >= 11 is 1.40. The molecular formula is C14H21NO4S. The lowest BCUT2D eigenvalue weighted by atomic mass is 10.2. The highest BCUT2D eigenvalue weighted by Gasteiger charge is 2.43. The molecule has 20 heavy (non-hydrogen) atoms. The molecule has 0 aromatic rings. The van der Waals surface area contributed by atoms with Crippen LogP contribution in [0.3, 0.4) is 0 Å². The summed E-state index contributed by atoms with van der Waals surface area (Å²) in [7, 11) is 1.36. The normalized spacial score (nSPS) is 25.3. The van der Waals surface area contributed by atoms with Gasteiger partial charge in [0.05, 0.1) is 18.3 Å². The Balaban J connectivity index is 1.89. The molecule has 0 aromatic heterocycles. The fourth-order valence-corrected chi connectivity index (χ4v) is 4.00. The van der Waals surface area contributed by atoms with Gasteiger partial charge in [0.1, 0.15) is 0 Å². The van der Waals surface area contributed by atoms with Crippen molar-refractivity contribution in [3.8, 4) is 0 Å². The largest absolute Gasteiger partial charge is 0.469 e. The number of hydrogen-bond donors (Lipinski definition) is 0. The summed E-state index contributed by atoms with van der Waals surface area (Å²) in [6, 6.07) is 0.110. The van der Waals surface area contributed by atoms with Crippen molar-refractivity contribution in [1.29, 1.82) is 0 Å². The smallest absolute Gasteiger partial charge is 0.309 e. The van der Waals surface area contributed by atoms with E-state index in [0.717, 1.165) is 25.7 Å². The number of carbonyl (C=O) groups is 3. The topological polar surface area (TPSA) is 63.7 Å². The monoisotopic (exact) mass is 299 g/mol. The van der Waals surface area contributed by atoms with Crippen molar-refractivity contribution in [1.82, 2.24) is 4.90 Å². The third-order valence-corrected chi connectivity index (χ3v) is 5.45. The van der Waals surface area contributed by atoms with Crippen molar-refractivity contribution < 1.29 is 19.1 Å². The average molecular weight is 299 g/mol. The van der Waals surface area contributed by atoms with E-state index < -0.39 is 0 Å². The molecule has 2 fully saturated rings. The van der Waals surface area contributed by atoms with Gasteiger partial charge >= 0.3 is 5.97 Å². The molecule has 2 amide bonds. The fourth-order valence-electron chi connectivity index (χ4n) is 2.83. The zero-order valence-corrected chi connectivity index (χ0v) is 12.8. The van der Waals surface area contributed by atoms with E-state index in [-0.39, 0.29) is 41.4 Å². The van der Waals surface area contributed by atoms with Crippen LogP contribution in [0.1, 0.15) is 39.0 Å². The van der Waals surface area contributed by atoms with Crippen molar-refractivity contribution in [3.63, 3.8) is 0 Å². The lowest BCUT2D eigenvalue weighted by molar-refractivity contribution is -0.144. The van der Waals surface area contributed by atoms with Crippen LogP contribution in [0.2, 0.25) is 0 Å². The van der Waals surface area contributed by atoms with Gasteiger partial charge in [-0.2, -0.15) is 0 Å². The highest BCUT2D eigenvalue weighted by Crippen LogP contribution is 2.33. The highest BCUT2D eigenvalue weighted by molar-refractivity contribution is 8.00. The van der Waals surface area contributed by atoms with Gasteiger partial charge in [0.2, 0.25) is 11.8 Å². The Hall–Kier alpha value is -1.04. The fraction of sp³-hybridized carbons (Fsp3) is 0.786. The number of likely N-dealkylation sites (tertiary alicyclic amines) is 1. The number of imide groups is 1. The van der Waals surface area contributed by atoms with Crippen LogP contribution in [0.4, 0.5) is 0 Å². The Morgan fingerprint density at radius 3 is 2.65 bits per heavy atom. The second kappa shape index (κ2) is 6.61. The minimum absolute atomic E-state index is 0.0508. The van der Waals surface area contributed by atoms with E-state index in [4.69, 9.17) is 0 Å². The highest BCUT2D eigenvalue weighted by atomic mass is 32.2. The Bertz CT molecular complexity index is 406. The molecule has 5 nitrogen and oxygen atoms in total. The third kappa shape index (κ3) is 3.16. The first-order valence-electron chi connectivity index (χ1n) is 7.10. The first kappa shape index (κ1) is 15.4. The Morgan fingerprint density at radius 1 is 1.40 bits per heavy atom. The Morgan fingerprint density at radius 2 is 2.05 bits per heavy atom. The van der Waals surface area contributed by atoms with E-state index in [2.05, 4.69) is 4.74 Å². The zero-order valence-electron chi connectivity index (χ0n) is 12.0. The average Bonchev–Trinajstić information content (AvgIpc) is 3.03. The molecule has 0 bridgehead atoms. The summed E-state index contributed by atoms with van der Waals surface area (Å²) in [6.45, 7) is 1.77. The predicted molar refractivity (Wildman–Crippen MR) is 76.2 cm³/mol. The van der Waals surface area contributed by atoms with E-state index in [1.807, 2.05) is 0 Å². The summed E-state index contributed by atoms with van der Waals surface area (Å²) in [5, 5.41) is -0.324. The Labute approximate surface area is 123 Å². The van der Waals surface area contributed by atoms with Crippen molar-refractivity contribution >= 4 is 29.5 Å². The second-order valence-electron chi connectivity index (χ2n) is 5.49. The van der Waals surface area contributed by atoms with E-state index in [0.29, 0.717) is 5.75 Å². The van der Waals surface area contributed by atoms with Gasteiger partial charge in [0.15, 0.2) is 0 Å². The van der Waals surface area contributed by atoms with Crippen LogP contribution in [-0.2, 0) is 19.1 Å². The molecule has 0 N–H and O–H groups in total. The van der Waals surface area contributed by atoms with Crippen LogP contribution in [0.5, 0.6) is 0 Å². The Kier molecular flexibility index (Phi) is 5.07. The molecule has 1 aliphatic heterocycles. The third-order valence-electron chi connectivity index (χ3n) is 3.98. The maximum atomic E-state index is 12.3. The molecule has 2 unspecified atom stereocenters. The van der Waals surface area contributed by atoms with Gasteiger partial charge in [-0.05, 0) is 12.8 Å². The minimum Gasteiger partial charge on any atom is -0.469 e. The quantitative estimate of drug-likeness (QED) is 0.570. The van der Waals surface area contributed by atoms with Crippen molar-refractivity contribution in [2.75, 3.05) is 12.9 Å². The first-order chi connectivity index (χ1) is 9.54. The summed E-state index contributed by atoms with van der Waals surface area (Å²) in [4.78, 5) is 37.2. The van der Waals surface area contributed by atoms with E-state index >= 15 is 0 Å². The maximum absolute atomic E-state index is 12.3. The number of methoxy groups -OCH3 is 1. The molecule has 112 valence electrons. The number of rotatable bonds is 5. The van der Waals surface area contributed by atoms with Crippen LogP contribution in [0.15, 0.2) is 0 Å². The second-order valence-corrected chi connectivity index (χ2v) is 6.73. The number of amides is 2. The molecule has 1 heterocycles. The number of esters is 1. The molecule has 6 heteroatoms. The van der Waals surface area contributed by atoms with Crippen molar-refractivity contribution in [2.45, 2.75) is 50.3 Å². The van der Waals surface area contributed by atoms with Crippen LogP contribution in [0.25, 0.3) is 0 Å². The molecule has 1 saturated carbocycles. The maximum Gasteiger partial charge on any atom is 0.309 e. The van der Waals surface area contributed by atoms with Crippen molar-refractivity contribution in [3.05, 3.63) is 0 Å². The number of carbonyl (C=O) groups excluding carboxylic acids is 3. The molecular weight excluding hydrogens is 278 g/mol. The van der Waals surface area contributed by atoms with Gasteiger partial charge in [0.25, 0.3) is 0 Å². The van der Waals surface area contributed by atoms with Gasteiger partial charge < -0.3 is 4.74 Å². The first-order valence-corrected chi connectivity index (χ1v) is 8.14. The van der Waals surface area contributed by atoms with Crippen LogP contribution in [0, 0.1) is 5.92 Å².